The smallest absolute Gasteiger partial charge is 0.256 e. The number of fused-ring (bicyclic) bond motifs is 1. The highest BCUT2D eigenvalue weighted by molar-refractivity contribution is 5.92. The van der Waals surface area contributed by atoms with Crippen molar-refractivity contribution in [2.75, 3.05) is 6.54 Å². The molecule has 11 nitrogen and oxygen atoms in total. The molecule has 10 N–H and O–H groups in total. The number of para-hydroxylation sites is 1. The second-order valence-corrected chi connectivity index (χ2v) is 6.84. The molecule has 1 heterocycles. The zero-order valence-electron chi connectivity index (χ0n) is 16.8. The molecule has 2 rings (SSSR count). The summed E-state index contributed by atoms with van der Waals surface area (Å²) in [6, 6.07) is 5.89. The number of amides is 3. The molecule has 0 aliphatic heterocycles. The van der Waals surface area contributed by atoms with Gasteiger partial charge in [0.15, 0.2) is 5.96 Å². The third-order valence-corrected chi connectivity index (χ3v) is 4.51. The third kappa shape index (κ3) is 6.48. The van der Waals surface area contributed by atoms with Gasteiger partial charge in [-0.05, 0) is 24.5 Å². The zero-order valence-corrected chi connectivity index (χ0v) is 16.8. The number of aromatic nitrogens is 1. The fourth-order valence-corrected chi connectivity index (χ4v) is 3.12. The minimum Gasteiger partial charge on any atom is -0.370 e. The summed E-state index contributed by atoms with van der Waals surface area (Å²) in [4.78, 5) is 43.6. The first-order valence-corrected chi connectivity index (χ1v) is 9.50. The molecule has 2 aromatic rings. The number of H-pyrrole nitrogens is 1. The van der Waals surface area contributed by atoms with Crippen LogP contribution in [0.1, 0.15) is 25.3 Å². The highest BCUT2D eigenvalue weighted by Crippen LogP contribution is 2.19. The summed E-state index contributed by atoms with van der Waals surface area (Å²) in [5.74, 6) is 3.78. The average molecular weight is 416 g/mol. The highest BCUT2D eigenvalue weighted by atomic mass is 16.2. The zero-order chi connectivity index (χ0) is 22.1. The van der Waals surface area contributed by atoms with Crippen LogP contribution in [0.3, 0.4) is 0 Å². The minimum absolute atomic E-state index is 0.0525. The molecule has 0 radical (unpaired) electrons. The van der Waals surface area contributed by atoms with Crippen molar-refractivity contribution in [3.05, 3.63) is 36.0 Å². The maximum Gasteiger partial charge on any atom is 0.256 e. The van der Waals surface area contributed by atoms with E-state index in [1.165, 1.54) is 6.92 Å². The van der Waals surface area contributed by atoms with Gasteiger partial charge >= 0.3 is 0 Å². The predicted molar refractivity (Wildman–Crippen MR) is 114 cm³/mol. The molecule has 30 heavy (non-hydrogen) atoms. The monoisotopic (exact) mass is 416 g/mol. The Morgan fingerprint density at radius 1 is 1.10 bits per heavy atom. The minimum atomic E-state index is -0.893. The molecule has 0 spiro atoms. The van der Waals surface area contributed by atoms with E-state index in [9.17, 15) is 14.4 Å². The molecule has 0 fully saturated rings. The second kappa shape index (κ2) is 10.8. The van der Waals surface area contributed by atoms with E-state index in [0.717, 1.165) is 16.5 Å². The number of nitrogens with one attached hydrogen (secondary N) is 4. The molecule has 2 atom stereocenters. The lowest BCUT2D eigenvalue weighted by Crippen LogP contribution is -2.55. The number of hydrazine groups is 1. The molecule has 0 aliphatic rings. The number of aliphatic imine (C=N–C) groups is 1. The first kappa shape index (κ1) is 22.7. The molecule has 162 valence electrons. The van der Waals surface area contributed by atoms with Crippen LogP contribution in [0.25, 0.3) is 10.9 Å². The number of carbonyl (C=O) groups is 3. The Morgan fingerprint density at radius 3 is 2.50 bits per heavy atom. The van der Waals surface area contributed by atoms with Crippen LogP contribution in [0, 0.1) is 0 Å². The first-order chi connectivity index (χ1) is 14.3. The van der Waals surface area contributed by atoms with Crippen LogP contribution in [0.4, 0.5) is 0 Å². The lowest BCUT2D eigenvalue weighted by molar-refractivity contribution is -0.131. The summed E-state index contributed by atoms with van der Waals surface area (Å²) in [6.07, 6.45) is 2.77. The number of rotatable bonds is 10. The normalized spacial score (nSPS) is 12.6. The van der Waals surface area contributed by atoms with E-state index in [4.69, 9.17) is 17.3 Å². The van der Waals surface area contributed by atoms with Crippen molar-refractivity contribution in [1.82, 2.24) is 21.0 Å². The Balaban J connectivity index is 2.12. The van der Waals surface area contributed by atoms with Crippen LogP contribution >= 0.6 is 0 Å². The third-order valence-electron chi connectivity index (χ3n) is 4.51. The summed E-state index contributed by atoms with van der Waals surface area (Å²) in [7, 11) is 0. The molecular weight excluding hydrogens is 388 g/mol. The quantitative estimate of drug-likeness (QED) is 0.0631. The largest absolute Gasteiger partial charge is 0.370 e. The van der Waals surface area contributed by atoms with Gasteiger partial charge in [0.1, 0.15) is 12.1 Å². The summed E-state index contributed by atoms with van der Waals surface area (Å²) in [5, 5.41) is 6.25. The molecule has 3 amide bonds. The number of aromatic amines is 1. The fourth-order valence-electron chi connectivity index (χ4n) is 3.12. The maximum atomic E-state index is 12.9. The molecule has 0 saturated carbocycles. The van der Waals surface area contributed by atoms with Gasteiger partial charge in [0, 0.05) is 37.0 Å². The lowest BCUT2D eigenvalue weighted by atomic mass is 10.0. The van der Waals surface area contributed by atoms with Gasteiger partial charge < -0.3 is 27.1 Å². The summed E-state index contributed by atoms with van der Waals surface area (Å²) < 4.78 is 0. The number of nitrogens with zero attached hydrogens (tertiary/aromatic N) is 1. The van der Waals surface area contributed by atoms with Crippen molar-refractivity contribution < 1.29 is 14.4 Å². The van der Waals surface area contributed by atoms with E-state index in [2.05, 4.69) is 20.6 Å². The van der Waals surface area contributed by atoms with Gasteiger partial charge in [-0.15, -0.1) is 0 Å². The van der Waals surface area contributed by atoms with Crippen LogP contribution in [0.2, 0.25) is 0 Å². The standard InChI is InChI=1S/C19H28N8O3/c1-11(28)25-16(9-12-10-24-14-6-3-2-5-13(12)14)17(29)26-15(18(30)27-22)7-4-8-23-19(20)21/h2-3,5-6,10,15-16,24H,4,7-9,22H2,1H3,(H,25,28)(H,26,29)(H,27,30)(H4,20,21,23)/t15-,16-/m1/s1. The van der Waals surface area contributed by atoms with Gasteiger partial charge in [0.05, 0.1) is 0 Å². The van der Waals surface area contributed by atoms with E-state index in [0.29, 0.717) is 13.0 Å². The van der Waals surface area contributed by atoms with Crippen LogP contribution in [-0.4, -0.2) is 47.3 Å². The number of hydrogen-bond donors (Lipinski definition) is 7. The summed E-state index contributed by atoms with van der Waals surface area (Å²) >= 11 is 0. The van der Waals surface area contributed by atoms with E-state index >= 15 is 0 Å². The number of nitrogens with two attached hydrogens (primary N) is 3. The fraction of sp³-hybridized carbons (Fsp3) is 0.368. The van der Waals surface area contributed by atoms with Gasteiger partial charge in [-0.2, -0.15) is 0 Å². The van der Waals surface area contributed by atoms with Crippen molar-refractivity contribution in [1.29, 1.82) is 0 Å². The number of benzene rings is 1. The molecule has 1 aromatic carbocycles. The predicted octanol–water partition coefficient (Wildman–Crippen LogP) is -1.26. The Kier molecular flexibility index (Phi) is 8.18. The molecule has 11 heteroatoms. The van der Waals surface area contributed by atoms with Crippen molar-refractivity contribution in [2.45, 2.75) is 38.3 Å². The first-order valence-electron chi connectivity index (χ1n) is 9.50. The van der Waals surface area contributed by atoms with Crippen molar-refractivity contribution >= 4 is 34.6 Å². The maximum absolute atomic E-state index is 12.9. The van der Waals surface area contributed by atoms with Gasteiger partial charge in [-0.1, -0.05) is 18.2 Å². The van der Waals surface area contributed by atoms with Crippen LogP contribution in [-0.2, 0) is 20.8 Å². The lowest BCUT2D eigenvalue weighted by Gasteiger charge is -2.22. The van der Waals surface area contributed by atoms with Gasteiger partial charge in [-0.3, -0.25) is 24.8 Å². The molecule has 1 aromatic heterocycles. The molecular formula is C19H28N8O3. The topological polar surface area (TPSA) is 194 Å². The van der Waals surface area contributed by atoms with Crippen LogP contribution in [0.5, 0.6) is 0 Å². The highest BCUT2D eigenvalue weighted by Gasteiger charge is 2.26. The van der Waals surface area contributed by atoms with E-state index < -0.39 is 23.9 Å². The Hall–Kier alpha value is -3.60. The summed E-state index contributed by atoms with van der Waals surface area (Å²) in [5.41, 5.74) is 14.4. The van der Waals surface area contributed by atoms with Crippen LogP contribution < -0.4 is 33.4 Å². The van der Waals surface area contributed by atoms with Gasteiger partial charge in [0.2, 0.25) is 11.8 Å². The van der Waals surface area contributed by atoms with Gasteiger partial charge in [0.25, 0.3) is 5.91 Å². The average Bonchev–Trinajstić information content (AvgIpc) is 3.11. The Morgan fingerprint density at radius 2 is 1.83 bits per heavy atom. The SMILES string of the molecule is CC(=O)N[C@H](Cc1c[nH]c2ccccc12)C(=O)N[C@H](CCCN=C(N)N)C(=O)NN. The molecule has 0 saturated heterocycles. The molecule has 0 aliphatic carbocycles. The Bertz CT molecular complexity index is 919. The Labute approximate surface area is 173 Å². The van der Waals surface area contributed by atoms with E-state index in [1.807, 2.05) is 29.7 Å². The van der Waals surface area contributed by atoms with Crippen molar-refractivity contribution in [3.8, 4) is 0 Å². The van der Waals surface area contributed by atoms with Crippen molar-refractivity contribution in [3.63, 3.8) is 0 Å². The van der Waals surface area contributed by atoms with E-state index in [-0.39, 0.29) is 24.7 Å². The van der Waals surface area contributed by atoms with E-state index in [1.54, 1.807) is 6.20 Å². The van der Waals surface area contributed by atoms with Gasteiger partial charge in [-0.25, -0.2) is 5.84 Å². The molecule has 0 unspecified atom stereocenters. The number of carbonyl (C=O) groups excluding carboxylic acids is 3. The van der Waals surface area contributed by atoms with Crippen molar-refractivity contribution in [2.24, 2.45) is 22.3 Å². The second-order valence-electron chi connectivity index (χ2n) is 6.84. The number of guanidine groups is 1. The number of hydrogen-bond acceptors (Lipinski definition) is 5. The summed E-state index contributed by atoms with van der Waals surface area (Å²) in [6.45, 7) is 1.63. The van der Waals surface area contributed by atoms with Crippen LogP contribution in [0.15, 0.2) is 35.5 Å². The molecule has 0 bridgehead atoms.